The van der Waals surface area contributed by atoms with Crippen molar-refractivity contribution in [3.63, 3.8) is 0 Å². The molecule has 176 valence electrons. The molecule has 1 amide bonds. The molecule has 8 nitrogen and oxygen atoms in total. The number of methoxy groups -OCH3 is 1. The lowest BCUT2D eigenvalue weighted by Crippen LogP contribution is -2.39. The number of pyridine rings is 2. The van der Waals surface area contributed by atoms with Crippen LogP contribution in [0.2, 0.25) is 0 Å². The fourth-order valence-electron chi connectivity index (χ4n) is 5.41. The lowest BCUT2D eigenvalue weighted by atomic mass is 9.91. The number of ether oxygens (including phenoxy) is 1. The molecule has 3 N–H and O–H groups in total. The Kier molecular flexibility index (Phi) is 6.21. The zero-order chi connectivity index (χ0) is 22.9. The van der Waals surface area contributed by atoms with E-state index in [4.69, 9.17) is 15.5 Å². The number of hydrogen-bond donors (Lipinski definition) is 2. The number of aromatic nitrogens is 2. The number of rotatable bonds is 6. The topological polar surface area (TPSA) is 96.6 Å². The number of aryl methyl sites for hydroxylation is 1. The fourth-order valence-corrected chi connectivity index (χ4v) is 5.41. The first-order chi connectivity index (χ1) is 16.1. The van der Waals surface area contributed by atoms with Crippen LogP contribution < -0.4 is 20.9 Å². The van der Waals surface area contributed by atoms with Crippen molar-refractivity contribution in [3.05, 3.63) is 46.8 Å². The van der Waals surface area contributed by atoms with Crippen LogP contribution in [0.4, 0.5) is 11.6 Å². The molecule has 0 aromatic carbocycles. The normalized spacial score (nSPS) is 24.0. The first-order valence-corrected chi connectivity index (χ1v) is 12.1. The Hall–Kier alpha value is -2.71. The monoisotopic (exact) mass is 450 g/mol. The second-order valence-electron chi connectivity index (χ2n) is 9.51. The molecular formula is C25H34N6O2. The van der Waals surface area contributed by atoms with Gasteiger partial charge in [-0.15, -0.1) is 0 Å². The maximum atomic E-state index is 12.9. The van der Waals surface area contributed by atoms with Crippen molar-refractivity contribution >= 4 is 17.5 Å². The Morgan fingerprint density at radius 1 is 1.27 bits per heavy atom. The van der Waals surface area contributed by atoms with Gasteiger partial charge in [0.15, 0.2) is 0 Å². The number of carbonyl (C=O) groups is 1. The summed E-state index contributed by atoms with van der Waals surface area (Å²) in [5.41, 5.74) is 10.5. The molecular weight excluding hydrogens is 416 g/mol. The molecule has 8 heteroatoms. The lowest BCUT2D eigenvalue weighted by Gasteiger charge is -2.27. The molecule has 0 radical (unpaired) electrons. The average Bonchev–Trinajstić information content (AvgIpc) is 3.41. The molecule has 2 aromatic heterocycles. The van der Waals surface area contributed by atoms with Gasteiger partial charge >= 0.3 is 0 Å². The summed E-state index contributed by atoms with van der Waals surface area (Å²) in [6.07, 6.45) is 5.23. The van der Waals surface area contributed by atoms with Crippen molar-refractivity contribution < 1.29 is 9.53 Å². The van der Waals surface area contributed by atoms with Crippen molar-refractivity contribution in [3.8, 4) is 0 Å². The zero-order valence-corrected chi connectivity index (χ0v) is 19.6. The maximum absolute atomic E-state index is 12.9. The number of hydrogen-bond acceptors (Lipinski definition) is 7. The van der Waals surface area contributed by atoms with E-state index < -0.39 is 0 Å². The van der Waals surface area contributed by atoms with E-state index in [2.05, 4.69) is 39.2 Å². The van der Waals surface area contributed by atoms with E-state index in [0.29, 0.717) is 18.1 Å². The van der Waals surface area contributed by atoms with Gasteiger partial charge in [0.2, 0.25) is 0 Å². The second kappa shape index (κ2) is 9.27. The second-order valence-corrected chi connectivity index (χ2v) is 9.51. The van der Waals surface area contributed by atoms with Crippen LogP contribution in [0.3, 0.4) is 0 Å². The van der Waals surface area contributed by atoms with E-state index in [9.17, 15) is 4.79 Å². The zero-order valence-electron chi connectivity index (χ0n) is 19.6. The third-order valence-corrected chi connectivity index (χ3v) is 7.32. The Morgan fingerprint density at radius 2 is 2.15 bits per heavy atom. The smallest absolute Gasteiger partial charge is 0.253 e. The van der Waals surface area contributed by atoms with Crippen LogP contribution in [-0.4, -0.2) is 67.9 Å². The first-order valence-electron chi connectivity index (χ1n) is 12.1. The highest BCUT2D eigenvalue weighted by molar-refractivity contribution is 5.94. The molecule has 4 heterocycles. The molecule has 0 saturated carbocycles. The molecule has 0 spiro atoms. The number of nitrogens with one attached hydrogen (secondary N) is 1. The van der Waals surface area contributed by atoms with Crippen molar-refractivity contribution in [2.45, 2.75) is 44.7 Å². The van der Waals surface area contributed by atoms with Gasteiger partial charge < -0.3 is 25.6 Å². The van der Waals surface area contributed by atoms with Gasteiger partial charge in [0, 0.05) is 63.2 Å². The molecule has 0 unspecified atom stereocenters. The molecule has 1 saturated heterocycles. The van der Waals surface area contributed by atoms with Crippen LogP contribution in [0.25, 0.3) is 0 Å². The van der Waals surface area contributed by atoms with E-state index in [0.717, 1.165) is 69.2 Å². The van der Waals surface area contributed by atoms with E-state index in [1.165, 1.54) is 11.1 Å². The Bertz CT molecular complexity index is 1030. The molecule has 3 atom stereocenters. The molecule has 1 aliphatic carbocycles. The maximum Gasteiger partial charge on any atom is 0.253 e. The minimum Gasteiger partial charge on any atom is -0.384 e. The summed E-state index contributed by atoms with van der Waals surface area (Å²) >= 11 is 0. The van der Waals surface area contributed by atoms with Crippen LogP contribution in [0.15, 0.2) is 24.4 Å². The van der Waals surface area contributed by atoms with Gasteiger partial charge in [-0.05, 0) is 55.9 Å². The van der Waals surface area contributed by atoms with Crippen LogP contribution >= 0.6 is 0 Å². The number of likely N-dealkylation sites (N-methyl/N-ethyl adjacent to an activating group) is 1. The highest BCUT2D eigenvalue weighted by atomic mass is 16.5. The molecule has 33 heavy (non-hydrogen) atoms. The van der Waals surface area contributed by atoms with Crippen molar-refractivity contribution in [2.75, 3.05) is 49.7 Å². The van der Waals surface area contributed by atoms with Crippen LogP contribution in [0.5, 0.6) is 0 Å². The van der Waals surface area contributed by atoms with Crippen molar-refractivity contribution in [1.82, 2.24) is 15.3 Å². The van der Waals surface area contributed by atoms with E-state index in [1.54, 1.807) is 13.3 Å². The number of nitrogens with two attached hydrogens (primary N) is 1. The van der Waals surface area contributed by atoms with E-state index >= 15 is 0 Å². The molecule has 3 aliphatic rings. The van der Waals surface area contributed by atoms with Crippen LogP contribution in [-0.2, 0) is 24.0 Å². The van der Waals surface area contributed by atoms with E-state index in [-0.39, 0.29) is 18.0 Å². The highest BCUT2D eigenvalue weighted by Gasteiger charge is 2.31. The van der Waals surface area contributed by atoms with Gasteiger partial charge in [0.1, 0.15) is 11.6 Å². The summed E-state index contributed by atoms with van der Waals surface area (Å²) in [5.74, 6) is 2.32. The third-order valence-electron chi connectivity index (χ3n) is 7.32. The number of carbonyl (C=O) groups excluding carboxylic acids is 1. The minimum absolute atomic E-state index is 0.0338. The van der Waals surface area contributed by atoms with E-state index in [1.807, 2.05) is 6.07 Å². The number of anilines is 2. The van der Waals surface area contributed by atoms with Gasteiger partial charge in [-0.25, -0.2) is 9.97 Å². The van der Waals surface area contributed by atoms with Gasteiger partial charge in [-0.2, -0.15) is 0 Å². The van der Waals surface area contributed by atoms with Crippen molar-refractivity contribution in [2.24, 2.45) is 11.7 Å². The molecule has 2 aliphatic heterocycles. The predicted molar refractivity (Wildman–Crippen MR) is 129 cm³/mol. The molecule has 0 bridgehead atoms. The summed E-state index contributed by atoms with van der Waals surface area (Å²) in [5, 5.41) is 3.23. The van der Waals surface area contributed by atoms with Gasteiger partial charge in [0.25, 0.3) is 5.91 Å². The van der Waals surface area contributed by atoms with Crippen LogP contribution in [0.1, 0.15) is 40.5 Å². The fraction of sp³-hybridized carbons (Fsp3) is 0.560. The molecule has 2 aromatic rings. The molecule has 5 rings (SSSR count). The van der Waals surface area contributed by atoms with Crippen molar-refractivity contribution in [1.29, 1.82) is 0 Å². The number of amides is 1. The van der Waals surface area contributed by atoms with Gasteiger partial charge in [-0.3, -0.25) is 4.79 Å². The Morgan fingerprint density at radius 3 is 2.97 bits per heavy atom. The Balaban J connectivity index is 1.22. The van der Waals surface area contributed by atoms with Gasteiger partial charge in [0.05, 0.1) is 12.2 Å². The Labute approximate surface area is 195 Å². The minimum atomic E-state index is -0.0338. The average molecular weight is 451 g/mol. The number of fused-ring (bicyclic) bond motifs is 2. The summed E-state index contributed by atoms with van der Waals surface area (Å²) in [4.78, 5) is 26.9. The predicted octanol–water partition coefficient (Wildman–Crippen LogP) is 1.56. The standard InChI is InChI=1S/C25H34N6O2/c1-3-30-9-8-17-10-18(12-27-24(17)30)25(32)28-20-5-6-22-16(11-20)4-7-23(29-22)31-13-19(15-33-2)21(26)14-31/h4,7,10,12,19-21H,3,5-6,8-9,11,13-15,26H2,1-2H3,(H,28,32)/t19-,20-,21-/m0/s1. The summed E-state index contributed by atoms with van der Waals surface area (Å²) in [6, 6.07) is 6.50. The third kappa shape index (κ3) is 4.42. The lowest BCUT2D eigenvalue weighted by molar-refractivity contribution is 0.0933. The highest BCUT2D eigenvalue weighted by Crippen LogP contribution is 2.28. The SMILES string of the molecule is CCN1CCc2cc(C(=O)N[C@H]3CCc4nc(N5C[C@@H](COC)[C@@H](N)C5)ccc4C3)cnc21. The molecule has 1 fully saturated rings. The number of nitrogens with zero attached hydrogens (tertiary/aromatic N) is 4. The quantitative estimate of drug-likeness (QED) is 0.689. The first kappa shape index (κ1) is 22.1. The summed E-state index contributed by atoms with van der Waals surface area (Å²) < 4.78 is 5.31. The largest absolute Gasteiger partial charge is 0.384 e. The van der Waals surface area contributed by atoms with Crippen LogP contribution in [0, 0.1) is 5.92 Å². The van der Waals surface area contributed by atoms with Gasteiger partial charge in [-0.1, -0.05) is 6.07 Å². The summed E-state index contributed by atoms with van der Waals surface area (Å²) in [7, 11) is 1.72. The summed E-state index contributed by atoms with van der Waals surface area (Å²) in [6.45, 7) is 6.43.